The molecule has 1 saturated heterocycles. The number of nitrogens with one attached hydrogen (secondary N) is 1. The maximum Gasteiger partial charge on any atom is 0.310 e. The monoisotopic (exact) mass is 299 g/mol. The van der Waals surface area contributed by atoms with Crippen LogP contribution in [-0.4, -0.2) is 47.4 Å². The quantitative estimate of drug-likeness (QED) is 0.705. The van der Waals surface area contributed by atoms with Crippen LogP contribution in [0.25, 0.3) is 0 Å². The molecule has 6 nitrogen and oxygen atoms in total. The molecule has 0 aromatic rings. The van der Waals surface area contributed by atoms with Gasteiger partial charge in [-0.1, -0.05) is 19.3 Å². The molecule has 0 aromatic carbocycles. The van der Waals surface area contributed by atoms with E-state index in [9.17, 15) is 19.8 Å². The number of aliphatic hydroxyl groups is 1. The number of carboxylic acids is 1. The summed E-state index contributed by atoms with van der Waals surface area (Å²) in [5, 5.41) is 22.5. The van der Waals surface area contributed by atoms with Crippen LogP contribution < -0.4 is 5.32 Å². The molecule has 2 rings (SSSR count). The van der Waals surface area contributed by atoms with Crippen LogP contribution in [0.15, 0.2) is 0 Å². The largest absolute Gasteiger partial charge is 0.481 e. The zero-order valence-electron chi connectivity index (χ0n) is 12.4. The van der Waals surface area contributed by atoms with E-state index >= 15 is 0 Å². The van der Waals surface area contributed by atoms with Gasteiger partial charge in [0.25, 0.3) is 0 Å². The third-order valence-electron chi connectivity index (χ3n) is 4.80. The fraction of sp³-hybridized carbons (Fsp3) is 0.867. The van der Waals surface area contributed by atoms with Crippen LogP contribution in [0, 0.1) is 5.41 Å². The maximum absolute atomic E-state index is 12.1. The molecule has 0 bridgehead atoms. The fourth-order valence-electron chi connectivity index (χ4n) is 3.26. The minimum atomic E-state index is -0.920. The molecule has 0 aromatic heterocycles. The molecule has 0 unspecified atom stereocenters. The van der Waals surface area contributed by atoms with Crippen molar-refractivity contribution in [3.8, 4) is 0 Å². The number of carbonyl (C=O) groups excluding carboxylic acids is 1. The van der Waals surface area contributed by atoms with E-state index in [-0.39, 0.29) is 18.9 Å². The molecule has 2 fully saturated rings. The van der Waals surface area contributed by atoms with Gasteiger partial charge < -0.3 is 20.3 Å². The summed E-state index contributed by atoms with van der Waals surface area (Å²) in [6.45, 7) is 1.15. The van der Waals surface area contributed by atoms with Crippen LogP contribution in [0.2, 0.25) is 0 Å². The average molecular weight is 299 g/mol. The molecule has 6 heteroatoms. The lowest BCUT2D eigenvalue weighted by atomic mass is 9.71. The number of carboxylic acid groups (broad SMARTS) is 1. The summed E-state index contributed by atoms with van der Waals surface area (Å²) in [7, 11) is 0. The van der Waals surface area contributed by atoms with Gasteiger partial charge in [0.2, 0.25) is 5.91 Å². The van der Waals surface area contributed by atoms with Crippen LogP contribution in [-0.2, 0) is 14.3 Å². The lowest BCUT2D eigenvalue weighted by Crippen LogP contribution is -2.48. The van der Waals surface area contributed by atoms with Crippen LogP contribution in [0.1, 0.15) is 51.4 Å². The molecule has 1 saturated carbocycles. The van der Waals surface area contributed by atoms with Crippen molar-refractivity contribution in [2.45, 2.75) is 57.0 Å². The van der Waals surface area contributed by atoms with Crippen LogP contribution in [0.5, 0.6) is 0 Å². The molecule has 0 radical (unpaired) electrons. The summed E-state index contributed by atoms with van der Waals surface area (Å²) < 4.78 is 5.19. The van der Waals surface area contributed by atoms with E-state index in [1.165, 1.54) is 0 Å². The Labute approximate surface area is 124 Å². The zero-order valence-corrected chi connectivity index (χ0v) is 12.4. The minimum absolute atomic E-state index is 0.00884. The smallest absolute Gasteiger partial charge is 0.310 e. The molecule has 1 amide bonds. The lowest BCUT2D eigenvalue weighted by molar-refractivity contribution is -0.154. The Hall–Kier alpha value is -1.14. The maximum atomic E-state index is 12.1. The molecule has 1 aliphatic carbocycles. The van der Waals surface area contributed by atoms with Crippen LogP contribution >= 0.6 is 0 Å². The van der Waals surface area contributed by atoms with E-state index in [4.69, 9.17) is 4.74 Å². The predicted molar refractivity (Wildman–Crippen MR) is 75.8 cm³/mol. The number of hydrogen-bond acceptors (Lipinski definition) is 4. The van der Waals surface area contributed by atoms with E-state index in [2.05, 4.69) is 5.32 Å². The van der Waals surface area contributed by atoms with Crippen molar-refractivity contribution < 1.29 is 24.5 Å². The third-order valence-corrected chi connectivity index (χ3v) is 4.80. The van der Waals surface area contributed by atoms with Crippen molar-refractivity contribution in [2.75, 3.05) is 19.8 Å². The summed E-state index contributed by atoms with van der Waals surface area (Å²) in [5.74, 6) is -1.15. The van der Waals surface area contributed by atoms with Gasteiger partial charge in [-0.15, -0.1) is 0 Å². The van der Waals surface area contributed by atoms with Gasteiger partial charge in [-0.05, 0) is 12.8 Å². The van der Waals surface area contributed by atoms with Gasteiger partial charge in [0.15, 0.2) is 0 Å². The predicted octanol–water partition coefficient (Wildman–Crippen LogP) is 1.07. The Kier molecular flexibility index (Phi) is 5.22. The summed E-state index contributed by atoms with van der Waals surface area (Å²) in [6, 6.07) is 0. The van der Waals surface area contributed by atoms with Crippen molar-refractivity contribution >= 4 is 11.9 Å². The SMILES string of the molecule is O=C(CC1(C(=O)O)CCCCC1)NCC1(O)CCOCC1. The lowest BCUT2D eigenvalue weighted by Gasteiger charge is -2.34. The second-order valence-corrected chi connectivity index (χ2v) is 6.44. The van der Waals surface area contributed by atoms with Gasteiger partial charge >= 0.3 is 5.97 Å². The van der Waals surface area contributed by atoms with E-state index in [1.54, 1.807) is 0 Å². The van der Waals surface area contributed by atoms with Crippen molar-refractivity contribution in [2.24, 2.45) is 5.41 Å². The Balaban J connectivity index is 1.86. The van der Waals surface area contributed by atoms with Crippen LogP contribution in [0.3, 0.4) is 0 Å². The Morgan fingerprint density at radius 1 is 1.05 bits per heavy atom. The van der Waals surface area contributed by atoms with Gasteiger partial charge in [-0.2, -0.15) is 0 Å². The molecule has 3 N–H and O–H groups in total. The average Bonchev–Trinajstić information content (AvgIpc) is 2.47. The molecule has 120 valence electrons. The molecular formula is C15H25NO5. The van der Waals surface area contributed by atoms with E-state index in [0.717, 1.165) is 19.3 Å². The van der Waals surface area contributed by atoms with Gasteiger partial charge in [0.1, 0.15) is 0 Å². The second kappa shape index (κ2) is 6.75. The third kappa shape index (κ3) is 4.17. The first kappa shape index (κ1) is 16.2. The zero-order chi connectivity index (χ0) is 15.3. The Bertz CT molecular complexity index is 384. The highest BCUT2D eigenvalue weighted by atomic mass is 16.5. The number of hydrogen-bond donors (Lipinski definition) is 3. The van der Waals surface area contributed by atoms with Crippen LogP contribution in [0.4, 0.5) is 0 Å². The number of aliphatic carboxylic acids is 1. The number of rotatable bonds is 5. The number of ether oxygens (including phenoxy) is 1. The van der Waals surface area contributed by atoms with Gasteiger partial charge in [0.05, 0.1) is 11.0 Å². The topological polar surface area (TPSA) is 95.9 Å². The number of carbonyl (C=O) groups is 2. The normalized spacial score (nSPS) is 24.2. The molecular weight excluding hydrogens is 274 g/mol. The minimum Gasteiger partial charge on any atom is -0.481 e. The summed E-state index contributed by atoms with van der Waals surface area (Å²) >= 11 is 0. The molecule has 2 aliphatic rings. The van der Waals surface area contributed by atoms with Gasteiger partial charge in [-0.25, -0.2) is 0 Å². The highest BCUT2D eigenvalue weighted by molar-refractivity contribution is 5.85. The second-order valence-electron chi connectivity index (χ2n) is 6.44. The van der Waals surface area contributed by atoms with Crippen molar-refractivity contribution in [1.29, 1.82) is 0 Å². The van der Waals surface area contributed by atoms with Gasteiger partial charge in [-0.3, -0.25) is 9.59 Å². The van der Waals surface area contributed by atoms with E-state index in [0.29, 0.717) is 38.9 Å². The molecule has 1 heterocycles. The Morgan fingerprint density at radius 2 is 1.67 bits per heavy atom. The fourth-order valence-corrected chi connectivity index (χ4v) is 3.26. The van der Waals surface area contributed by atoms with Crippen molar-refractivity contribution in [3.63, 3.8) is 0 Å². The molecule has 21 heavy (non-hydrogen) atoms. The Morgan fingerprint density at radius 3 is 2.24 bits per heavy atom. The summed E-state index contributed by atoms with van der Waals surface area (Å²) in [6.07, 6.45) is 4.89. The standard InChI is InChI=1S/C15H25NO5/c17-12(16-11-15(20)6-8-21-9-7-15)10-14(13(18)19)4-2-1-3-5-14/h20H,1-11H2,(H,16,17)(H,18,19). The molecule has 1 aliphatic heterocycles. The first-order chi connectivity index (χ1) is 9.96. The summed E-state index contributed by atoms with van der Waals surface area (Å²) in [5.41, 5.74) is -1.84. The van der Waals surface area contributed by atoms with Gasteiger partial charge in [0, 0.05) is 39.0 Å². The van der Waals surface area contributed by atoms with E-state index in [1.807, 2.05) is 0 Å². The highest BCUT2D eigenvalue weighted by Gasteiger charge is 2.41. The number of amides is 1. The molecule has 0 spiro atoms. The highest BCUT2D eigenvalue weighted by Crippen LogP contribution is 2.39. The first-order valence-electron chi connectivity index (χ1n) is 7.76. The summed E-state index contributed by atoms with van der Waals surface area (Å²) in [4.78, 5) is 23.6. The van der Waals surface area contributed by atoms with Crippen molar-refractivity contribution in [1.82, 2.24) is 5.32 Å². The first-order valence-corrected chi connectivity index (χ1v) is 7.76. The molecule has 0 atom stereocenters. The van der Waals surface area contributed by atoms with Crippen molar-refractivity contribution in [3.05, 3.63) is 0 Å². The van der Waals surface area contributed by atoms with E-state index < -0.39 is 17.0 Å².